The summed E-state index contributed by atoms with van der Waals surface area (Å²) in [6, 6.07) is 17.5. The first-order chi connectivity index (χ1) is 12.7. The van der Waals surface area contributed by atoms with E-state index in [-0.39, 0.29) is 11.3 Å². The zero-order valence-corrected chi connectivity index (χ0v) is 15.0. The molecule has 0 saturated heterocycles. The molecule has 2 aromatic carbocycles. The summed E-state index contributed by atoms with van der Waals surface area (Å²) in [5.74, 6) is 0.0724. The molecule has 1 aromatic heterocycles. The fraction of sp³-hybridized carbons (Fsp3) is 0.250. The largest absolute Gasteiger partial charge is 0.353 e. The van der Waals surface area contributed by atoms with E-state index in [4.69, 9.17) is 11.6 Å². The van der Waals surface area contributed by atoms with Crippen molar-refractivity contribution in [2.75, 3.05) is 6.54 Å². The average molecular weight is 367 g/mol. The number of aromatic nitrogens is 3. The fourth-order valence-electron chi connectivity index (χ4n) is 3.14. The Kier molecular flexibility index (Phi) is 4.47. The second-order valence-electron chi connectivity index (χ2n) is 6.58. The van der Waals surface area contributed by atoms with Gasteiger partial charge in [0.1, 0.15) is 5.69 Å². The first-order valence-corrected chi connectivity index (χ1v) is 9.05. The van der Waals surface area contributed by atoms with Gasteiger partial charge in [-0.3, -0.25) is 9.48 Å². The number of carbonyl (C=O) groups excluding carboxylic acids is 1. The van der Waals surface area contributed by atoms with Gasteiger partial charge in [-0.05, 0) is 30.5 Å². The molecule has 1 aliphatic carbocycles. The van der Waals surface area contributed by atoms with Crippen molar-refractivity contribution in [1.82, 2.24) is 20.3 Å². The van der Waals surface area contributed by atoms with E-state index in [2.05, 4.69) is 15.6 Å². The van der Waals surface area contributed by atoms with E-state index in [1.54, 1.807) is 4.68 Å². The number of carbonyl (C=O) groups is 1. The van der Waals surface area contributed by atoms with Gasteiger partial charge in [0, 0.05) is 17.1 Å². The van der Waals surface area contributed by atoms with Crippen LogP contribution in [0.1, 0.15) is 18.4 Å². The predicted octanol–water partition coefficient (Wildman–Crippen LogP) is 3.45. The minimum Gasteiger partial charge on any atom is -0.353 e. The Morgan fingerprint density at radius 3 is 2.54 bits per heavy atom. The van der Waals surface area contributed by atoms with Crippen LogP contribution in [0.15, 0.2) is 60.8 Å². The molecule has 0 bridgehead atoms. The normalized spacial score (nSPS) is 14.8. The lowest BCUT2D eigenvalue weighted by molar-refractivity contribution is -0.123. The summed E-state index contributed by atoms with van der Waals surface area (Å²) >= 11 is 5.94. The van der Waals surface area contributed by atoms with Gasteiger partial charge in [0.05, 0.1) is 18.2 Å². The summed E-state index contributed by atoms with van der Waals surface area (Å²) in [5.41, 5.74) is 2.51. The quantitative estimate of drug-likeness (QED) is 0.727. The Labute approximate surface area is 157 Å². The van der Waals surface area contributed by atoms with E-state index in [0.717, 1.165) is 29.7 Å². The van der Waals surface area contributed by atoms with Gasteiger partial charge in [-0.1, -0.05) is 59.3 Å². The molecule has 1 fully saturated rings. The van der Waals surface area contributed by atoms with Gasteiger partial charge < -0.3 is 5.32 Å². The fourth-order valence-corrected chi connectivity index (χ4v) is 3.27. The van der Waals surface area contributed by atoms with Crippen molar-refractivity contribution >= 4 is 17.5 Å². The van der Waals surface area contributed by atoms with Crippen molar-refractivity contribution in [3.8, 4) is 11.3 Å². The van der Waals surface area contributed by atoms with Crippen LogP contribution in [0.5, 0.6) is 0 Å². The number of nitrogens with zero attached hydrogens (tertiary/aromatic N) is 3. The summed E-state index contributed by atoms with van der Waals surface area (Å²) in [5, 5.41) is 12.0. The van der Waals surface area contributed by atoms with Gasteiger partial charge in [-0.25, -0.2) is 0 Å². The van der Waals surface area contributed by atoms with Crippen LogP contribution >= 0.6 is 11.6 Å². The molecule has 1 heterocycles. The number of hydrogen-bond acceptors (Lipinski definition) is 3. The van der Waals surface area contributed by atoms with Crippen LogP contribution in [0.2, 0.25) is 5.02 Å². The highest BCUT2D eigenvalue weighted by molar-refractivity contribution is 6.30. The topological polar surface area (TPSA) is 59.8 Å². The van der Waals surface area contributed by atoms with Crippen molar-refractivity contribution in [2.24, 2.45) is 0 Å². The van der Waals surface area contributed by atoms with Crippen LogP contribution < -0.4 is 5.32 Å². The number of halogens is 1. The Bertz CT molecular complexity index is 901. The SMILES string of the molecule is O=C(NCCn1cc(-c2ccccc2)nn1)C1(c2ccc(Cl)cc2)CC1. The standard InChI is InChI=1S/C20H19ClN4O/c21-17-8-6-16(7-9-17)20(10-11-20)19(26)22-12-13-25-14-18(23-24-25)15-4-2-1-3-5-15/h1-9,14H,10-13H2,(H,22,26). The van der Waals surface area contributed by atoms with E-state index in [0.29, 0.717) is 18.1 Å². The highest BCUT2D eigenvalue weighted by atomic mass is 35.5. The van der Waals surface area contributed by atoms with Crippen LogP contribution in [0.3, 0.4) is 0 Å². The molecule has 5 nitrogen and oxygen atoms in total. The summed E-state index contributed by atoms with van der Waals surface area (Å²) in [6.07, 6.45) is 3.65. The van der Waals surface area contributed by atoms with Crippen molar-refractivity contribution in [2.45, 2.75) is 24.8 Å². The monoisotopic (exact) mass is 366 g/mol. The van der Waals surface area contributed by atoms with Crippen molar-refractivity contribution in [3.63, 3.8) is 0 Å². The number of hydrogen-bond donors (Lipinski definition) is 1. The Hall–Kier alpha value is -2.66. The summed E-state index contributed by atoms with van der Waals surface area (Å²) < 4.78 is 1.75. The third kappa shape index (κ3) is 3.35. The molecule has 6 heteroatoms. The van der Waals surface area contributed by atoms with E-state index < -0.39 is 0 Å². The molecule has 26 heavy (non-hydrogen) atoms. The number of nitrogens with one attached hydrogen (secondary N) is 1. The summed E-state index contributed by atoms with van der Waals surface area (Å²) in [6.45, 7) is 1.11. The molecule has 4 rings (SSSR count). The van der Waals surface area contributed by atoms with E-state index in [1.165, 1.54) is 0 Å². The van der Waals surface area contributed by atoms with E-state index in [1.807, 2.05) is 60.8 Å². The average Bonchev–Trinajstić information content (AvgIpc) is 3.35. The van der Waals surface area contributed by atoms with E-state index in [9.17, 15) is 4.79 Å². The summed E-state index contributed by atoms with van der Waals surface area (Å²) in [7, 11) is 0. The maximum Gasteiger partial charge on any atom is 0.230 e. The molecule has 3 aromatic rings. The zero-order chi connectivity index (χ0) is 18.0. The number of amides is 1. The minimum atomic E-state index is -0.387. The Morgan fingerprint density at radius 2 is 1.85 bits per heavy atom. The van der Waals surface area contributed by atoms with Crippen molar-refractivity contribution < 1.29 is 4.79 Å². The lowest BCUT2D eigenvalue weighted by Crippen LogP contribution is -2.36. The molecule has 132 valence electrons. The van der Waals surface area contributed by atoms with Gasteiger partial charge in [-0.2, -0.15) is 0 Å². The van der Waals surface area contributed by atoms with Gasteiger partial charge in [0.25, 0.3) is 0 Å². The molecule has 0 unspecified atom stereocenters. The first-order valence-electron chi connectivity index (χ1n) is 8.67. The maximum atomic E-state index is 12.6. The third-order valence-corrected chi connectivity index (χ3v) is 5.07. The molecule has 0 atom stereocenters. The highest BCUT2D eigenvalue weighted by Gasteiger charge is 2.50. The highest BCUT2D eigenvalue weighted by Crippen LogP contribution is 2.48. The van der Waals surface area contributed by atoms with Gasteiger partial charge in [-0.15, -0.1) is 5.10 Å². The molecule has 0 spiro atoms. The van der Waals surface area contributed by atoms with Gasteiger partial charge in [0.15, 0.2) is 0 Å². The molecular formula is C20H19ClN4O. The van der Waals surface area contributed by atoms with Crippen LogP contribution in [0.25, 0.3) is 11.3 Å². The maximum absolute atomic E-state index is 12.6. The molecule has 1 saturated carbocycles. The number of benzene rings is 2. The lowest BCUT2D eigenvalue weighted by Gasteiger charge is -2.15. The van der Waals surface area contributed by atoms with Crippen LogP contribution in [0, 0.1) is 0 Å². The lowest BCUT2D eigenvalue weighted by atomic mass is 9.95. The third-order valence-electron chi connectivity index (χ3n) is 4.82. The smallest absolute Gasteiger partial charge is 0.230 e. The molecule has 1 amide bonds. The molecule has 0 radical (unpaired) electrons. The minimum absolute atomic E-state index is 0.0724. The van der Waals surface area contributed by atoms with Gasteiger partial charge >= 0.3 is 0 Å². The Morgan fingerprint density at radius 1 is 1.12 bits per heavy atom. The van der Waals surface area contributed by atoms with Crippen LogP contribution in [-0.2, 0) is 16.8 Å². The van der Waals surface area contributed by atoms with Crippen LogP contribution in [0.4, 0.5) is 0 Å². The second-order valence-corrected chi connectivity index (χ2v) is 7.01. The predicted molar refractivity (Wildman–Crippen MR) is 101 cm³/mol. The van der Waals surface area contributed by atoms with Crippen molar-refractivity contribution in [3.05, 3.63) is 71.4 Å². The molecule has 1 N–H and O–H groups in total. The number of rotatable bonds is 6. The summed E-state index contributed by atoms with van der Waals surface area (Å²) in [4.78, 5) is 12.6. The van der Waals surface area contributed by atoms with Crippen molar-refractivity contribution in [1.29, 1.82) is 0 Å². The second kappa shape index (κ2) is 6.92. The van der Waals surface area contributed by atoms with E-state index >= 15 is 0 Å². The van der Waals surface area contributed by atoms with Crippen LogP contribution in [-0.4, -0.2) is 27.4 Å². The zero-order valence-electron chi connectivity index (χ0n) is 14.2. The Balaban J connectivity index is 1.34. The molecular weight excluding hydrogens is 348 g/mol. The first kappa shape index (κ1) is 16.8. The molecule has 0 aliphatic heterocycles. The van der Waals surface area contributed by atoms with Gasteiger partial charge in [0.2, 0.25) is 5.91 Å². The molecule has 1 aliphatic rings.